The second-order valence-electron chi connectivity index (χ2n) is 7.27. The molecule has 1 fully saturated rings. The summed E-state index contributed by atoms with van der Waals surface area (Å²) in [5, 5.41) is 2.74. The van der Waals surface area contributed by atoms with Crippen LogP contribution in [0.25, 0.3) is 0 Å². The van der Waals surface area contributed by atoms with Crippen molar-refractivity contribution in [1.29, 1.82) is 0 Å². The molecule has 0 aliphatic carbocycles. The predicted octanol–water partition coefficient (Wildman–Crippen LogP) is 3.80. The zero-order chi connectivity index (χ0) is 20.7. The van der Waals surface area contributed by atoms with Crippen molar-refractivity contribution in [2.75, 3.05) is 13.1 Å². The summed E-state index contributed by atoms with van der Waals surface area (Å²) in [5.74, 6) is 0.731. The van der Waals surface area contributed by atoms with Crippen molar-refractivity contribution < 1.29 is 13.2 Å². The van der Waals surface area contributed by atoms with Gasteiger partial charge in [-0.25, -0.2) is 8.42 Å². The Balaban J connectivity index is 1.55. The molecule has 156 valence electrons. The molecule has 3 rings (SSSR count). The molecule has 0 radical (unpaired) electrons. The first kappa shape index (κ1) is 21.9. The van der Waals surface area contributed by atoms with Gasteiger partial charge in [0, 0.05) is 25.4 Å². The highest BCUT2D eigenvalue weighted by Crippen LogP contribution is 2.22. The molecule has 0 aromatic heterocycles. The molecule has 1 N–H and O–H groups in total. The van der Waals surface area contributed by atoms with Crippen LogP contribution in [0.1, 0.15) is 37.3 Å². The van der Waals surface area contributed by atoms with Crippen LogP contribution in [0, 0.1) is 0 Å². The molecule has 1 atom stereocenters. The Bertz CT molecular complexity index is 911. The summed E-state index contributed by atoms with van der Waals surface area (Å²) in [6.45, 7) is 3.37. The molecule has 1 aliphatic rings. The Labute approximate surface area is 177 Å². The lowest BCUT2D eigenvalue weighted by Gasteiger charge is -2.26. The molecular weight excluding hydrogens is 404 g/mol. The van der Waals surface area contributed by atoms with E-state index in [0.717, 1.165) is 30.6 Å². The molecule has 29 heavy (non-hydrogen) atoms. The summed E-state index contributed by atoms with van der Waals surface area (Å²) < 4.78 is 27.2. The molecule has 1 aliphatic heterocycles. The van der Waals surface area contributed by atoms with Gasteiger partial charge in [0.05, 0.1) is 10.1 Å². The van der Waals surface area contributed by atoms with Gasteiger partial charge >= 0.3 is 0 Å². The number of hydrogen-bond acceptors (Lipinski definition) is 4. The molecule has 1 saturated heterocycles. The van der Waals surface area contributed by atoms with E-state index in [4.69, 9.17) is 0 Å². The number of sulfonamides is 1. The third kappa shape index (κ3) is 6.07. The Kier molecular flexibility index (Phi) is 7.75. The third-order valence-electron chi connectivity index (χ3n) is 5.03. The van der Waals surface area contributed by atoms with Crippen LogP contribution in [0.4, 0.5) is 0 Å². The second-order valence-corrected chi connectivity index (χ2v) is 10.5. The van der Waals surface area contributed by atoms with E-state index < -0.39 is 10.0 Å². The number of piperidine rings is 1. The fourth-order valence-corrected chi connectivity index (χ4v) is 5.73. The van der Waals surface area contributed by atoms with Crippen molar-refractivity contribution in [1.82, 2.24) is 9.62 Å². The number of hydrogen-bond donors (Lipinski definition) is 1. The van der Waals surface area contributed by atoms with Crippen molar-refractivity contribution in [3.63, 3.8) is 0 Å². The van der Waals surface area contributed by atoms with Crippen molar-refractivity contribution in [2.24, 2.45) is 0 Å². The standard InChI is InChI=1S/C22H28N2O3S2/c1-18(28-17-19-9-4-2-5-10-19)22(25)23-16-20-11-8-12-21(15-20)29(26,27)24-13-6-3-7-14-24/h2,4-5,8-12,15,18H,3,6-7,13-14,16-17H2,1H3,(H,23,25). The molecular formula is C22H28N2O3S2. The summed E-state index contributed by atoms with van der Waals surface area (Å²) in [4.78, 5) is 12.7. The van der Waals surface area contributed by atoms with Crippen LogP contribution in [0.2, 0.25) is 0 Å². The summed E-state index contributed by atoms with van der Waals surface area (Å²) in [6.07, 6.45) is 2.90. The summed E-state index contributed by atoms with van der Waals surface area (Å²) in [7, 11) is -3.46. The average molecular weight is 433 g/mol. The van der Waals surface area contributed by atoms with Crippen LogP contribution in [-0.2, 0) is 27.1 Å². The number of amides is 1. The van der Waals surface area contributed by atoms with Crippen LogP contribution >= 0.6 is 11.8 Å². The van der Waals surface area contributed by atoms with E-state index in [-0.39, 0.29) is 11.2 Å². The van der Waals surface area contributed by atoms with Crippen LogP contribution in [0.5, 0.6) is 0 Å². The highest BCUT2D eigenvalue weighted by molar-refractivity contribution is 7.99. The molecule has 0 saturated carbocycles. The molecule has 2 aromatic carbocycles. The summed E-state index contributed by atoms with van der Waals surface area (Å²) >= 11 is 1.58. The topological polar surface area (TPSA) is 66.5 Å². The number of carbonyl (C=O) groups is 1. The lowest BCUT2D eigenvalue weighted by molar-refractivity contribution is -0.120. The van der Waals surface area contributed by atoms with Crippen molar-refractivity contribution in [3.8, 4) is 0 Å². The minimum atomic E-state index is -3.46. The van der Waals surface area contributed by atoms with Gasteiger partial charge in [-0.2, -0.15) is 4.31 Å². The van der Waals surface area contributed by atoms with Gasteiger partial charge in [0.25, 0.3) is 0 Å². The highest BCUT2D eigenvalue weighted by atomic mass is 32.2. The van der Waals surface area contributed by atoms with E-state index in [2.05, 4.69) is 5.32 Å². The number of nitrogens with one attached hydrogen (secondary N) is 1. The van der Waals surface area contributed by atoms with Gasteiger partial charge in [-0.15, -0.1) is 11.8 Å². The SMILES string of the molecule is CC(SCc1ccccc1)C(=O)NCc1cccc(S(=O)(=O)N2CCCCC2)c1. The molecule has 7 heteroatoms. The Morgan fingerprint density at radius 1 is 1.03 bits per heavy atom. The minimum Gasteiger partial charge on any atom is -0.351 e. The fraction of sp³-hybridized carbons (Fsp3) is 0.409. The minimum absolute atomic E-state index is 0.0461. The maximum Gasteiger partial charge on any atom is 0.243 e. The van der Waals surface area contributed by atoms with Gasteiger partial charge < -0.3 is 5.32 Å². The smallest absolute Gasteiger partial charge is 0.243 e. The maximum absolute atomic E-state index is 12.8. The van der Waals surface area contributed by atoms with Gasteiger partial charge in [0.15, 0.2) is 0 Å². The van der Waals surface area contributed by atoms with Crippen LogP contribution in [0.3, 0.4) is 0 Å². The van der Waals surface area contributed by atoms with Gasteiger partial charge in [0.2, 0.25) is 15.9 Å². The Morgan fingerprint density at radius 2 is 1.72 bits per heavy atom. The zero-order valence-electron chi connectivity index (χ0n) is 16.7. The molecule has 1 heterocycles. The van der Waals surface area contributed by atoms with E-state index in [1.165, 1.54) is 5.56 Å². The number of benzene rings is 2. The van der Waals surface area contributed by atoms with Crippen LogP contribution in [0.15, 0.2) is 59.5 Å². The lowest BCUT2D eigenvalue weighted by Crippen LogP contribution is -2.35. The lowest BCUT2D eigenvalue weighted by atomic mass is 10.2. The Hall–Kier alpha value is -1.83. The number of thioether (sulfide) groups is 1. The zero-order valence-corrected chi connectivity index (χ0v) is 18.3. The summed E-state index contributed by atoms with van der Waals surface area (Å²) in [6, 6.07) is 16.9. The fourth-order valence-electron chi connectivity index (χ4n) is 3.27. The Morgan fingerprint density at radius 3 is 2.45 bits per heavy atom. The first-order valence-corrected chi connectivity index (χ1v) is 12.5. The van der Waals surface area contributed by atoms with E-state index in [0.29, 0.717) is 24.5 Å². The molecule has 1 amide bonds. The van der Waals surface area contributed by atoms with E-state index >= 15 is 0 Å². The predicted molar refractivity (Wildman–Crippen MR) is 118 cm³/mol. The van der Waals surface area contributed by atoms with Gasteiger partial charge in [0.1, 0.15) is 0 Å². The van der Waals surface area contributed by atoms with Crippen LogP contribution in [-0.4, -0.2) is 37.0 Å². The van der Waals surface area contributed by atoms with Crippen molar-refractivity contribution in [2.45, 2.75) is 48.6 Å². The maximum atomic E-state index is 12.8. The molecule has 5 nitrogen and oxygen atoms in total. The van der Waals surface area contributed by atoms with Gasteiger partial charge in [-0.05, 0) is 43.0 Å². The first-order valence-electron chi connectivity index (χ1n) is 9.99. The van der Waals surface area contributed by atoms with E-state index in [1.807, 2.05) is 43.3 Å². The average Bonchev–Trinajstić information content (AvgIpc) is 2.77. The monoisotopic (exact) mass is 432 g/mol. The van der Waals surface area contributed by atoms with Gasteiger partial charge in [-0.3, -0.25) is 4.79 Å². The summed E-state index contributed by atoms with van der Waals surface area (Å²) in [5.41, 5.74) is 1.98. The first-order chi connectivity index (χ1) is 14.0. The largest absolute Gasteiger partial charge is 0.351 e. The normalized spacial score (nSPS) is 16.3. The quantitative estimate of drug-likeness (QED) is 0.689. The number of rotatable bonds is 8. The molecule has 0 bridgehead atoms. The molecule has 1 unspecified atom stereocenters. The van der Waals surface area contributed by atoms with Gasteiger partial charge in [-0.1, -0.05) is 48.9 Å². The second kappa shape index (κ2) is 10.3. The number of carbonyl (C=O) groups excluding carboxylic acids is 1. The molecule has 2 aromatic rings. The molecule has 0 spiro atoms. The van der Waals surface area contributed by atoms with Crippen LogP contribution < -0.4 is 5.32 Å². The van der Waals surface area contributed by atoms with E-state index in [9.17, 15) is 13.2 Å². The third-order valence-corrected chi connectivity index (χ3v) is 8.14. The highest BCUT2D eigenvalue weighted by Gasteiger charge is 2.26. The van der Waals surface area contributed by atoms with E-state index in [1.54, 1.807) is 34.3 Å². The number of nitrogens with zero attached hydrogens (tertiary/aromatic N) is 1. The van der Waals surface area contributed by atoms with Crippen molar-refractivity contribution in [3.05, 3.63) is 65.7 Å². The van der Waals surface area contributed by atoms with Crippen molar-refractivity contribution >= 4 is 27.7 Å².